The molecule has 0 aromatic rings. The molecule has 0 aliphatic heterocycles. The molecule has 0 fully saturated rings. The third-order valence-corrected chi connectivity index (χ3v) is 3.21. The Morgan fingerprint density at radius 1 is 1.06 bits per heavy atom. The van der Waals surface area contributed by atoms with Gasteiger partial charge in [-0.3, -0.25) is 0 Å². The van der Waals surface area contributed by atoms with E-state index in [-0.39, 0.29) is 6.04 Å². The smallest absolute Gasteiger partial charge is 0.0635 e. The van der Waals surface area contributed by atoms with Crippen LogP contribution in [0.5, 0.6) is 0 Å². The van der Waals surface area contributed by atoms with Gasteiger partial charge in [-0.15, -0.1) is 0 Å². The van der Waals surface area contributed by atoms with E-state index in [9.17, 15) is 0 Å². The van der Waals surface area contributed by atoms with Gasteiger partial charge in [-0.1, -0.05) is 6.92 Å². The Kier molecular flexibility index (Phi) is 10.3. The summed E-state index contributed by atoms with van der Waals surface area (Å²) in [6, 6.07) is 4.42. The van der Waals surface area contributed by atoms with Crippen molar-refractivity contribution in [2.45, 2.75) is 38.6 Å². The SMILES string of the molecule is CC(CCN(CCC#N)CCC#N)C(N)CCN. The molecule has 5 nitrogen and oxygen atoms in total. The van der Waals surface area contributed by atoms with Crippen molar-refractivity contribution in [3.05, 3.63) is 0 Å². The number of rotatable bonds is 10. The summed E-state index contributed by atoms with van der Waals surface area (Å²) < 4.78 is 0. The van der Waals surface area contributed by atoms with Crippen LogP contribution in [0, 0.1) is 28.6 Å². The van der Waals surface area contributed by atoms with E-state index in [1.54, 1.807) is 0 Å². The summed E-state index contributed by atoms with van der Waals surface area (Å²) in [6.07, 6.45) is 2.85. The second-order valence-corrected chi connectivity index (χ2v) is 4.67. The largest absolute Gasteiger partial charge is 0.330 e. The summed E-state index contributed by atoms with van der Waals surface area (Å²) in [5, 5.41) is 17.2. The Bertz CT molecular complexity index is 260. The Hall–Kier alpha value is -1.14. The zero-order valence-electron chi connectivity index (χ0n) is 11.3. The van der Waals surface area contributed by atoms with E-state index in [1.165, 1.54) is 0 Å². The van der Waals surface area contributed by atoms with Gasteiger partial charge < -0.3 is 16.4 Å². The lowest BCUT2D eigenvalue weighted by atomic mass is 9.96. The van der Waals surface area contributed by atoms with Crippen LogP contribution in [0.4, 0.5) is 0 Å². The van der Waals surface area contributed by atoms with E-state index < -0.39 is 0 Å². The van der Waals surface area contributed by atoms with Crippen LogP contribution in [-0.4, -0.2) is 37.1 Å². The maximum atomic E-state index is 8.60. The van der Waals surface area contributed by atoms with Crippen molar-refractivity contribution in [2.75, 3.05) is 26.2 Å². The van der Waals surface area contributed by atoms with E-state index in [0.717, 1.165) is 32.5 Å². The van der Waals surface area contributed by atoms with Crippen LogP contribution in [0.15, 0.2) is 0 Å². The van der Waals surface area contributed by atoms with Crippen LogP contribution >= 0.6 is 0 Å². The fourth-order valence-electron chi connectivity index (χ4n) is 1.83. The minimum atomic E-state index is 0.142. The first-order chi connectivity index (χ1) is 8.65. The lowest BCUT2D eigenvalue weighted by Crippen LogP contribution is -2.34. The molecule has 2 unspecified atom stereocenters. The lowest BCUT2D eigenvalue weighted by Gasteiger charge is -2.24. The average Bonchev–Trinajstić information content (AvgIpc) is 2.37. The van der Waals surface area contributed by atoms with Gasteiger partial charge in [-0.25, -0.2) is 0 Å². The molecule has 0 aromatic heterocycles. The molecule has 0 radical (unpaired) electrons. The third kappa shape index (κ3) is 8.03. The van der Waals surface area contributed by atoms with Gasteiger partial charge in [0, 0.05) is 32.0 Å². The maximum absolute atomic E-state index is 8.60. The molecule has 0 bridgehead atoms. The highest BCUT2D eigenvalue weighted by molar-refractivity contribution is 4.78. The molecule has 0 saturated heterocycles. The van der Waals surface area contributed by atoms with Gasteiger partial charge in [0.15, 0.2) is 0 Å². The Morgan fingerprint density at radius 2 is 1.61 bits per heavy atom. The fraction of sp³-hybridized carbons (Fsp3) is 0.846. The van der Waals surface area contributed by atoms with E-state index in [2.05, 4.69) is 24.0 Å². The molecular weight excluding hydrogens is 226 g/mol. The van der Waals surface area contributed by atoms with E-state index >= 15 is 0 Å². The minimum Gasteiger partial charge on any atom is -0.330 e. The molecule has 0 heterocycles. The standard InChI is InChI=1S/C13H25N5/c1-12(13(17)4-8-16)5-11-18(9-2-6-14)10-3-7-15/h12-13H,2-5,8-11,16-17H2,1H3. The molecule has 0 aliphatic rings. The van der Waals surface area contributed by atoms with Crippen LogP contribution in [0.25, 0.3) is 0 Å². The van der Waals surface area contributed by atoms with Crippen molar-refractivity contribution in [2.24, 2.45) is 17.4 Å². The molecule has 0 aliphatic carbocycles. The summed E-state index contributed by atoms with van der Waals surface area (Å²) in [5.41, 5.74) is 11.5. The highest BCUT2D eigenvalue weighted by Crippen LogP contribution is 2.10. The van der Waals surface area contributed by atoms with Crippen LogP contribution in [0.1, 0.15) is 32.6 Å². The van der Waals surface area contributed by atoms with Crippen molar-refractivity contribution < 1.29 is 0 Å². The molecule has 0 rings (SSSR count). The predicted molar refractivity (Wildman–Crippen MR) is 72.3 cm³/mol. The van der Waals surface area contributed by atoms with Gasteiger partial charge in [-0.05, 0) is 31.8 Å². The van der Waals surface area contributed by atoms with Gasteiger partial charge in [-0.2, -0.15) is 10.5 Å². The second-order valence-electron chi connectivity index (χ2n) is 4.67. The van der Waals surface area contributed by atoms with Crippen LogP contribution in [0.3, 0.4) is 0 Å². The molecule has 0 saturated carbocycles. The van der Waals surface area contributed by atoms with Gasteiger partial charge in [0.1, 0.15) is 0 Å². The summed E-state index contributed by atoms with van der Waals surface area (Å²) in [6.45, 7) is 5.11. The topological polar surface area (TPSA) is 103 Å². The van der Waals surface area contributed by atoms with Crippen molar-refractivity contribution >= 4 is 0 Å². The fourth-order valence-corrected chi connectivity index (χ4v) is 1.83. The predicted octanol–water partition coefficient (Wildman–Crippen LogP) is 0.818. The molecular formula is C13H25N5. The number of nitrogens with zero attached hydrogens (tertiary/aromatic N) is 3. The molecule has 0 aromatic carbocycles. The number of nitrogens with two attached hydrogens (primary N) is 2. The molecule has 18 heavy (non-hydrogen) atoms. The summed E-state index contributed by atoms with van der Waals surface area (Å²) >= 11 is 0. The van der Waals surface area contributed by atoms with Gasteiger partial charge in [0.25, 0.3) is 0 Å². The zero-order chi connectivity index (χ0) is 13.8. The Labute approximate surface area is 110 Å². The van der Waals surface area contributed by atoms with Gasteiger partial charge in [0.05, 0.1) is 12.1 Å². The number of hydrogen-bond donors (Lipinski definition) is 2. The molecule has 2 atom stereocenters. The van der Waals surface area contributed by atoms with Crippen molar-refractivity contribution in [3.63, 3.8) is 0 Å². The Morgan fingerprint density at radius 3 is 2.06 bits per heavy atom. The number of hydrogen-bond acceptors (Lipinski definition) is 5. The average molecular weight is 251 g/mol. The molecule has 5 heteroatoms. The van der Waals surface area contributed by atoms with Crippen LogP contribution in [-0.2, 0) is 0 Å². The van der Waals surface area contributed by atoms with Crippen LogP contribution in [0.2, 0.25) is 0 Å². The van der Waals surface area contributed by atoms with Crippen molar-refractivity contribution in [3.8, 4) is 12.1 Å². The first-order valence-corrected chi connectivity index (χ1v) is 6.57. The van der Waals surface area contributed by atoms with Crippen molar-refractivity contribution in [1.29, 1.82) is 10.5 Å². The first-order valence-electron chi connectivity index (χ1n) is 6.57. The highest BCUT2D eigenvalue weighted by Gasteiger charge is 2.13. The van der Waals surface area contributed by atoms with Gasteiger partial charge in [0.2, 0.25) is 0 Å². The zero-order valence-corrected chi connectivity index (χ0v) is 11.3. The van der Waals surface area contributed by atoms with E-state index in [0.29, 0.717) is 25.3 Å². The molecule has 4 N–H and O–H groups in total. The Balaban J connectivity index is 4.00. The maximum Gasteiger partial charge on any atom is 0.0635 e. The third-order valence-electron chi connectivity index (χ3n) is 3.21. The summed E-state index contributed by atoms with van der Waals surface area (Å²) in [5.74, 6) is 0.417. The number of nitriles is 2. The lowest BCUT2D eigenvalue weighted by molar-refractivity contribution is 0.253. The normalized spacial score (nSPS) is 13.9. The minimum absolute atomic E-state index is 0.142. The summed E-state index contributed by atoms with van der Waals surface area (Å²) in [7, 11) is 0. The van der Waals surface area contributed by atoms with Crippen molar-refractivity contribution in [1.82, 2.24) is 4.90 Å². The highest BCUT2D eigenvalue weighted by atomic mass is 15.1. The summed E-state index contributed by atoms with van der Waals surface area (Å²) in [4.78, 5) is 2.16. The van der Waals surface area contributed by atoms with Crippen LogP contribution < -0.4 is 11.5 Å². The van der Waals surface area contributed by atoms with E-state index in [1.807, 2.05) is 0 Å². The quantitative estimate of drug-likeness (QED) is 0.598. The molecule has 0 spiro atoms. The van der Waals surface area contributed by atoms with E-state index in [4.69, 9.17) is 22.0 Å². The first kappa shape index (κ1) is 16.9. The monoisotopic (exact) mass is 251 g/mol. The van der Waals surface area contributed by atoms with Gasteiger partial charge >= 0.3 is 0 Å². The molecule has 102 valence electrons. The second kappa shape index (κ2) is 11.0. The molecule has 0 amide bonds.